The Morgan fingerprint density at radius 1 is 1.32 bits per heavy atom. The number of nitrogens with one attached hydrogen (secondary N) is 1. The van der Waals surface area contributed by atoms with E-state index in [2.05, 4.69) is 24.4 Å². The minimum atomic E-state index is -0.0469. The minimum Gasteiger partial charge on any atom is -0.487 e. The van der Waals surface area contributed by atoms with Crippen LogP contribution in [0.5, 0.6) is 5.75 Å². The standard InChI is InChI=1S/C20H22ClNO3/c1-13-9-15-11-17(12-22-19(23)7-8-24-2)25-20(15)18(10-13)14-3-5-16(21)6-4-14/h3-6,9-10,17H,7-8,11-12H2,1-2H3,(H,22,23)/t17-/m1/s1. The predicted molar refractivity (Wildman–Crippen MR) is 99.2 cm³/mol. The van der Waals surface area contributed by atoms with E-state index >= 15 is 0 Å². The van der Waals surface area contributed by atoms with Crippen LogP contribution in [0.25, 0.3) is 11.1 Å². The molecule has 132 valence electrons. The number of fused-ring (bicyclic) bond motifs is 1. The number of halogens is 1. The largest absolute Gasteiger partial charge is 0.487 e. The van der Waals surface area contributed by atoms with Crippen molar-refractivity contribution in [3.05, 3.63) is 52.5 Å². The van der Waals surface area contributed by atoms with Crippen molar-refractivity contribution in [1.82, 2.24) is 5.32 Å². The quantitative estimate of drug-likeness (QED) is 0.854. The zero-order valence-electron chi connectivity index (χ0n) is 14.5. The maximum Gasteiger partial charge on any atom is 0.222 e. The van der Waals surface area contributed by atoms with Gasteiger partial charge in [0.1, 0.15) is 11.9 Å². The molecule has 1 amide bonds. The van der Waals surface area contributed by atoms with Crippen LogP contribution >= 0.6 is 11.6 Å². The van der Waals surface area contributed by atoms with Gasteiger partial charge >= 0.3 is 0 Å². The van der Waals surface area contributed by atoms with E-state index in [0.29, 0.717) is 24.6 Å². The molecule has 0 radical (unpaired) electrons. The highest BCUT2D eigenvalue weighted by Crippen LogP contribution is 2.40. The molecule has 3 rings (SSSR count). The summed E-state index contributed by atoms with van der Waals surface area (Å²) in [5.74, 6) is 0.888. The van der Waals surface area contributed by atoms with E-state index in [1.807, 2.05) is 24.3 Å². The molecule has 5 heteroatoms. The fraction of sp³-hybridized carbons (Fsp3) is 0.350. The summed E-state index contributed by atoms with van der Waals surface area (Å²) in [6.07, 6.45) is 1.11. The molecule has 2 aromatic rings. The maximum atomic E-state index is 11.7. The lowest BCUT2D eigenvalue weighted by molar-refractivity contribution is -0.122. The molecular weight excluding hydrogens is 338 g/mol. The van der Waals surface area contributed by atoms with Gasteiger partial charge in [-0.1, -0.05) is 29.8 Å². The first-order chi connectivity index (χ1) is 12.1. The summed E-state index contributed by atoms with van der Waals surface area (Å²) in [6.45, 7) is 3.01. The Hall–Kier alpha value is -2.04. The van der Waals surface area contributed by atoms with Gasteiger partial charge in [0.15, 0.2) is 0 Å². The third-order valence-corrected chi connectivity index (χ3v) is 4.51. The Morgan fingerprint density at radius 3 is 2.80 bits per heavy atom. The lowest BCUT2D eigenvalue weighted by Crippen LogP contribution is -2.34. The molecule has 0 fully saturated rings. The molecule has 4 nitrogen and oxygen atoms in total. The first-order valence-electron chi connectivity index (χ1n) is 8.38. The van der Waals surface area contributed by atoms with Crippen molar-refractivity contribution < 1.29 is 14.3 Å². The van der Waals surface area contributed by atoms with Gasteiger partial charge in [-0.05, 0) is 41.8 Å². The lowest BCUT2D eigenvalue weighted by Gasteiger charge is -2.14. The predicted octanol–water partition coefficient (Wildman–Crippen LogP) is 3.77. The van der Waals surface area contributed by atoms with Crippen molar-refractivity contribution in [2.24, 2.45) is 0 Å². The normalized spacial score (nSPS) is 15.6. The van der Waals surface area contributed by atoms with E-state index < -0.39 is 0 Å². The van der Waals surface area contributed by atoms with E-state index in [1.54, 1.807) is 7.11 Å². The maximum absolute atomic E-state index is 11.7. The van der Waals surface area contributed by atoms with E-state index in [4.69, 9.17) is 21.1 Å². The van der Waals surface area contributed by atoms with Crippen molar-refractivity contribution in [3.63, 3.8) is 0 Å². The number of aryl methyl sites for hydroxylation is 1. The van der Waals surface area contributed by atoms with Gasteiger partial charge < -0.3 is 14.8 Å². The van der Waals surface area contributed by atoms with Crippen LogP contribution in [0.4, 0.5) is 0 Å². The van der Waals surface area contributed by atoms with Crippen LogP contribution in [0.1, 0.15) is 17.5 Å². The highest BCUT2D eigenvalue weighted by Gasteiger charge is 2.26. The number of carbonyl (C=O) groups is 1. The summed E-state index contributed by atoms with van der Waals surface area (Å²) in [6, 6.07) is 12.0. The third-order valence-electron chi connectivity index (χ3n) is 4.26. The van der Waals surface area contributed by atoms with Crippen molar-refractivity contribution in [2.45, 2.75) is 25.9 Å². The summed E-state index contributed by atoms with van der Waals surface area (Å²) in [5, 5.41) is 3.63. The monoisotopic (exact) mass is 359 g/mol. The second kappa shape index (κ2) is 7.89. The Kier molecular flexibility index (Phi) is 5.61. The SMILES string of the molecule is COCCC(=O)NC[C@H]1Cc2cc(C)cc(-c3ccc(Cl)cc3)c2O1. The van der Waals surface area contributed by atoms with Crippen LogP contribution in [-0.2, 0) is 16.0 Å². The van der Waals surface area contributed by atoms with Gasteiger partial charge in [0.05, 0.1) is 13.2 Å². The number of benzene rings is 2. The highest BCUT2D eigenvalue weighted by atomic mass is 35.5. The first-order valence-corrected chi connectivity index (χ1v) is 8.76. The first kappa shape index (κ1) is 17.8. The fourth-order valence-electron chi connectivity index (χ4n) is 3.06. The number of rotatable bonds is 6. The summed E-state index contributed by atoms with van der Waals surface area (Å²) >= 11 is 6.00. The van der Waals surface area contributed by atoms with Crippen LogP contribution in [0, 0.1) is 6.92 Å². The molecule has 1 aliphatic heterocycles. The van der Waals surface area contributed by atoms with Crippen LogP contribution in [0.2, 0.25) is 5.02 Å². The molecule has 0 bridgehead atoms. The molecule has 25 heavy (non-hydrogen) atoms. The van der Waals surface area contributed by atoms with Crippen LogP contribution in [0.15, 0.2) is 36.4 Å². The molecule has 0 saturated carbocycles. The van der Waals surface area contributed by atoms with Gasteiger partial charge in [-0.25, -0.2) is 0 Å². The number of ether oxygens (including phenoxy) is 2. The summed E-state index contributed by atoms with van der Waals surface area (Å²) in [4.78, 5) is 11.7. The molecular formula is C20H22ClNO3. The van der Waals surface area contributed by atoms with Crippen molar-refractivity contribution in [1.29, 1.82) is 0 Å². The van der Waals surface area contributed by atoms with Crippen molar-refractivity contribution in [3.8, 4) is 16.9 Å². The van der Waals surface area contributed by atoms with E-state index in [1.165, 1.54) is 11.1 Å². The van der Waals surface area contributed by atoms with E-state index in [0.717, 1.165) is 23.3 Å². The van der Waals surface area contributed by atoms with E-state index in [9.17, 15) is 4.79 Å². The molecule has 1 aliphatic rings. The number of amides is 1. The van der Waals surface area contributed by atoms with Crippen LogP contribution < -0.4 is 10.1 Å². The molecule has 1 atom stereocenters. The van der Waals surface area contributed by atoms with Gasteiger partial charge in [-0.3, -0.25) is 4.79 Å². The molecule has 2 aromatic carbocycles. The second-order valence-corrected chi connectivity index (χ2v) is 6.73. The topological polar surface area (TPSA) is 47.6 Å². The van der Waals surface area contributed by atoms with Gasteiger partial charge in [0.25, 0.3) is 0 Å². The molecule has 0 unspecified atom stereocenters. The summed E-state index contributed by atoms with van der Waals surface area (Å²) in [7, 11) is 1.59. The molecule has 0 spiro atoms. The molecule has 0 aromatic heterocycles. The zero-order chi connectivity index (χ0) is 17.8. The smallest absolute Gasteiger partial charge is 0.222 e. The fourth-order valence-corrected chi connectivity index (χ4v) is 3.19. The third kappa shape index (κ3) is 4.33. The van der Waals surface area contributed by atoms with E-state index in [-0.39, 0.29) is 12.0 Å². The molecule has 1 heterocycles. The average Bonchev–Trinajstić information content (AvgIpc) is 3.01. The number of carbonyl (C=O) groups excluding carboxylic acids is 1. The average molecular weight is 360 g/mol. The minimum absolute atomic E-state index is 0.0180. The Bertz CT molecular complexity index is 758. The number of hydrogen-bond acceptors (Lipinski definition) is 3. The summed E-state index contributed by atoms with van der Waals surface area (Å²) < 4.78 is 11.1. The lowest BCUT2D eigenvalue weighted by atomic mass is 9.98. The van der Waals surface area contributed by atoms with Gasteiger partial charge in [0.2, 0.25) is 5.91 Å². The van der Waals surface area contributed by atoms with Crippen molar-refractivity contribution >= 4 is 17.5 Å². The van der Waals surface area contributed by atoms with Gasteiger partial charge in [0, 0.05) is 30.5 Å². The number of methoxy groups -OCH3 is 1. The molecule has 0 saturated heterocycles. The van der Waals surface area contributed by atoms with Gasteiger partial charge in [-0.2, -0.15) is 0 Å². The number of hydrogen-bond donors (Lipinski definition) is 1. The Balaban J connectivity index is 1.73. The van der Waals surface area contributed by atoms with Crippen LogP contribution in [0.3, 0.4) is 0 Å². The van der Waals surface area contributed by atoms with Crippen LogP contribution in [-0.4, -0.2) is 32.3 Å². The van der Waals surface area contributed by atoms with Crippen molar-refractivity contribution in [2.75, 3.05) is 20.3 Å². The second-order valence-electron chi connectivity index (χ2n) is 6.30. The Labute approximate surface area is 153 Å². The summed E-state index contributed by atoms with van der Waals surface area (Å²) in [5.41, 5.74) is 4.52. The van der Waals surface area contributed by atoms with Gasteiger partial charge in [-0.15, -0.1) is 0 Å². The zero-order valence-corrected chi connectivity index (χ0v) is 15.2. The molecule has 1 N–H and O–H groups in total. The molecule has 0 aliphatic carbocycles. The highest BCUT2D eigenvalue weighted by molar-refractivity contribution is 6.30. The Morgan fingerprint density at radius 2 is 2.08 bits per heavy atom.